The molecule has 0 N–H and O–H groups in total. The van der Waals surface area contributed by atoms with Crippen LogP contribution < -0.4 is 4.74 Å². The van der Waals surface area contributed by atoms with Crippen LogP contribution in [0.5, 0.6) is 5.75 Å². The van der Waals surface area contributed by atoms with Crippen molar-refractivity contribution in [2.45, 2.75) is 17.4 Å². The number of halogens is 8. The van der Waals surface area contributed by atoms with Gasteiger partial charge in [0.2, 0.25) is 0 Å². The molecular formula is C22H18F6I2O7S2. The van der Waals surface area contributed by atoms with E-state index >= 15 is 0 Å². The van der Waals surface area contributed by atoms with E-state index in [4.69, 9.17) is 9.76 Å². The zero-order valence-corrected chi connectivity index (χ0v) is 25.4. The van der Waals surface area contributed by atoms with E-state index in [9.17, 15) is 43.2 Å². The van der Waals surface area contributed by atoms with E-state index in [1.807, 2.05) is 0 Å². The molecule has 2 aromatic rings. The summed E-state index contributed by atoms with van der Waals surface area (Å²) in [6.07, 6.45) is 3.43. The Kier molecular flexibility index (Phi) is 8.69. The topological polar surface area (TPSA) is 96.0 Å². The van der Waals surface area contributed by atoms with Crippen molar-refractivity contribution in [1.82, 2.24) is 0 Å². The number of allylic oxidation sites excluding steroid dienone is 4. The van der Waals surface area contributed by atoms with Crippen LogP contribution in [0.2, 0.25) is 0 Å². The van der Waals surface area contributed by atoms with Crippen LogP contribution in [0.1, 0.15) is 6.42 Å². The summed E-state index contributed by atoms with van der Waals surface area (Å²) in [5.74, 6) is -1.01. The second-order valence-electron chi connectivity index (χ2n) is 7.91. The van der Waals surface area contributed by atoms with Gasteiger partial charge in [-0.1, -0.05) is 0 Å². The maximum atomic E-state index is 13.4. The maximum absolute atomic E-state index is 13.4. The molecule has 2 bridgehead atoms. The first-order valence-corrected chi connectivity index (χ1v) is 19.5. The summed E-state index contributed by atoms with van der Waals surface area (Å²) in [5, 5.41) is 0. The first-order valence-electron chi connectivity index (χ1n) is 10.6. The van der Waals surface area contributed by atoms with E-state index < -0.39 is 83.6 Å². The molecule has 2 aromatic carbocycles. The van der Waals surface area contributed by atoms with Crippen molar-refractivity contribution in [2.24, 2.45) is 11.8 Å². The molecule has 39 heavy (non-hydrogen) atoms. The Labute approximate surface area is 235 Å². The van der Waals surface area contributed by atoms with Gasteiger partial charge in [0.05, 0.1) is 0 Å². The zero-order chi connectivity index (χ0) is 28.8. The number of methoxy groups -OCH3 is 1. The number of fused-ring (bicyclic) bond motifs is 2. The summed E-state index contributed by atoms with van der Waals surface area (Å²) >= 11 is -8.13. The Balaban J connectivity index is 1.95. The van der Waals surface area contributed by atoms with Crippen molar-refractivity contribution < 1.29 is 52.9 Å². The average molecular weight is 826 g/mol. The number of hydrogen-bond acceptors (Lipinski definition) is 7. The van der Waals surface area contributed by atoms with Gasteiger partial charge >= 0.3 is 237 Å². The standard InChI is InChI=1S/C22H18F6I2O7S2/c1-35-18-11-9-17(10-12-18)30(37-39(33,34)22(26,27)28)20-15-8-7-14(13-15)19(20)29(16-5-3-2-4-6-16)36-38(31,32)21(23,24)25/h2-12,14-15H,13H2,1H3. The Morgan fingerprint density at radius 1 is 0.692 bits per heavy atom. The molecule has 0 aliphatic heterocycles. The molecule has 2 aliphatic rings. The first kappa shape index (κ1) is 30.5. The number of ether oxygens (including phenoxy) is 1. The van der Waals surface area contributed by atoms with Crippen molar-refractivity contribution >= 4 is 60.7 Å². The fourth-order valence-corrected chi connectivity index (χ4v) is 20.9. The number of benzene rings is 2. The van der Waals surface area contributed by atoms with Gasteiger partial charge in [-0.3, -0.25) is 0 Å². The van der Waals surface area contributed by atoms with Gasteiger partial charge in [0, 0.05) is 0 Å². The Morgan fingerprint density at radius 3 is 1.49 bits per heavy atom. The van der Waals surface area contributed by atoms with Crippen molar-refractivity contribution in [3.63, 3.8) is 0 Å². The third kappa shape index (κ3) is 6.26. The fourth-order valence-electron chi connectivity index (χ4n) is 3.67. The van der Waals surface area contributed by atoms with E-state index in [1.54, 1.807) is 18.2 Å². The Morgan fingerprint density at radius 2 is 1.10 bits per heavy atom. The predicted octanol–water partition coefficient (Wildman–Crippen LogP) is 6.73. The van der Waals surface area contributed by atoms with Crippen molar-refractivity contribution in [3.8, 4) is 5.75 Å². The molecule has 2 unspecified atom stereocenters. The molecule has 0 fully saturated rings. The quantitative estimate of drug-likeness (QED) is 0.120. The Bertz CT molecular complexity index is 1490. The average Bonchev–Trinajstić information content (AvgIpc) is 3.47. The zero-order valence-electron chi connectivity index (χ0n) is 19.4. The van der Waals surface area contributed by atoms with Crippen LogP contribution in [0.3, 0.4) is 0 Å². The van der Waals surface area contributed by atoms with Gasteiger partial charge < -0.3 is 0 Å². The van der Waals surface area contributed by atoms with Gasteiger partial charge in [-0.05, 0) is 0 Å². The van der Waals surface area contributed by atoms with Gasteiger partial charge in [0.1, 0.15) is 0 Å². The second kappa shape index (κ2) is 11.1. The molecule has 0 saturated carbocycles. The third-order valence-corrected chi connectivity index (χ3v) is 21.7. The summed E-state index contributed by atoms with van der Waals surface area (Å²) in [4.78, 5) is 0. The van der Waals surface area contributed by atoms with Crippen LogP contribution in [-0.4, -0.2) is 35.0 Å². The Hall–Kier alpha value is -1.42. The van der Waals surface area contributed by atoms with Crippen LogP contribution in [0.25, 0.3) is 0 Å². The molecule has 7 nitrogen and oxygen atoms in total. The molecule has 0 saturated heterocycles. The summed E-state index contributed by atoms with van der Waals surface area (Å²) in [7, 11) is -10.9. The van der Waals surface area contributed by atoms with Gasteiger partial charge in [-0.15, -0.1) is 0 Å². The minimum absolute atomic E-state index is 0.0797. The van der Waals surface area contributed by atoms with Crippen molar-refractivity contribution in [2.75, 3.05) is 7.11 Å². The van der Waals surface area contributed by atoms with Crippen LogP contribution in [0.15, 0.2) is 73.9 Å². The monoisotopic (exact) mass is 826 g/mol. The third-order valence-electron chi connectivity index (χ3n) is 5.37. The number of hydrogen-bond donors (Lipinski definition) is 0. The van der Waals surface area contributed by atoms with Gasteiger partial charge in [0.25, 0.3) is 0 Å². The summed E-state index contributed by atoms with van der Waals surface area (Å²) < 4.78 is 144. The second-order valence-corrected chi connectivity index (χ2v) is 20.7. The molecule has 0 amide bonds. The van der Waals surface area contributed by atoms with Crippen LogP contribution in [0.4, 0.5) is 26.3 Å². The van der Waals surface area contributed by atoms with Crippen LogP contribution >= 0.6 is 40.5 Å². The molecular weight excluding hydrogens is 808 g/mol. The molecule has 0 aromatic heterocycles. The van der Waals surface area contributed by atoms with E-state index in [-0.39, 0.29) is 20.7 Å². The first-order chi connectivity index (χ1) is 18.1. The molecule has 0 heterocycles. The van der Waals surface area contributed by atoms with Crippen molar-refractivity contribution in [3.05, 3.63) is 81.0 Å². The predicted molar refractivity (Wildman–Crippen MR) is 145 cm³/mol. The number of rotatable bonds is 9. The van der Waals surface area contributed by atoms with E-state index in [0.717, 1.165) is 0 Å². The van der Waals surface area contributed by atoms with E-state index in [2.05, 4.69) is 0 Å². The molecule has 4 rings (SSSR count). The molecule has 2 atom stereocenters. The van der Waals surface area contributed by atoms with Gasteiger partial charge in [0.15, 0.2) is 0 Å². The molecule has 216 valence electrons. The van der Waals surface area contributed by atoms with Crippen molar-refractivity contribution in [1.29, 1.82) is 0 Å². The van der Waals surface area contributed by atoms with E-state index in [1.165, 1.54) is 55.6 Å². The minimum atomic E-state index is -6.13. The van der Waals surface area contributed by atoms with Gasteiger partial charge in [-0.2, -0.15) is 0 Å². The summed E-state index contributed by atoms with van der Waals surface area (Å²) in [6.45, 7) is 0. The molecule has 2 aliphatic carbocycles. The fraction of sp³-hybridized carbons (Fsp3) is 0.273. The SMILES string of the molecule is COc1ccc(I(OS(=O)(=O)C(F)(F)F)C2=C(I(OS(=O)(=O)C(F)(F)F)c3ccccc3)C3C=CC2C3)cc1. The molecule has 0 spiro atoms. The number of alkyl halides is 6. The molecule has 0 radical (unpaired) electrons. The van der Waals surface area contributed by atoms with Crippen LogP contribution in [-0.2, 0) is 25.3 Å². The normalized spacial score (nSPS) is 20.4. The molecule has 17 heteroatoms. The van der Waals surface area contributed by atoms with Gasteiger partial charge in [-0.25, -0.2) is 0 Å². The summed E-state index contributed by atoms with van der Waals surface area (Å²) in [6, 6.07) is 12.6. The summed E-state index contributed by atoms with van der Waals surface area (Å²) in [5.41, 5.74) is -11.5. The van der Waals surface area contributed by atoms with E-state index in [0.29, 0.717) is 5.75 Å². The van der Waals surface area contributed by atoms with Crippen LogP contribution in [0, 0.1) is 19.0 Å².